The molecule has 0 spiro atoms. The number of nitrogens with one attached hydrogen (secondary N) is 3. The summed E-state index contributed by atoms with van der Waals surface area (Å²) >= 11 is 0. The Labute approximate surface area is 190 Å². The molecule has 0 radical (unpaired) electrons. The number of aromatic nitrogens is 5. The zero-order valence-corrected chi connectivity index (χ0v) is 18.1. The van der Waals surface area contributed by atoms with E-state index >= 15 is 0 Å². The third-order valence-electron chi connectivity index (χ3n) is 6.49. The average Bonchev–Trinajstić information content (AvgIpc) is 3.48. The number of hydrogen-bond acceptors (Lipinski definition) is 4. The van der Waals surface area contributed by atoms with E-state index < -0.39 is 0 Å². The molecule has 6 rings (SSSR count). The van der Waals surface area contributed by atoms with Crippen molar-refractivity contribution in [3.8, 4) is 22.6 Å². The lowest BCUT2D eigenvalue weighted by Crippen LogP contribution is -2.24. The van der Waals surface area contributed by atoms with Gasteiger partial charge < -0.3 is 10.3 Å². The molecule has 0 unspecified atom stereocenters. The van der Waals surface area contributed by atoms with Gasteiger partial charge in [0.2, 0.25) is 5.91 Å². The lowest BCUT2D eigenvalue weighted by Gasteiger charge is -2.20. The van der Waals surface area contributed by atoms with Crippen LogP contribution in [-0.4, -0.2) is 31.1 Å². The van der Waals surface area contributed by atoms with Gasteiger partial charge in [0.15, 0.2) is 5.82 Å². The molecule has 1 saturated carbocycles. The van der Waals surface area contributed by atoms with Gasteiger partial charge in [-0.05, 0) is 48.7 Å². The minimum Gasteiger partial charge on any atom is -0.337 e. The highest BCUT2D eigenvalue weighted by Crippen LogP contribution is 2.31. The first kappa shape index (κ1) is 19.7. The molecule has 0 aliphatic heterocycles. The first-order valence-electron chi connectivity index (χ1n) is 11.4. The van der Waals surface area contributed by atoms with Gasteiger partial charge in [-0.3, -0.25) is 14.9 Å². The molecular weight excluding hydrogens is 412 g/mol. The van der Waals surface area contributed by atoms with Gasteiger partial charge in [-0.15, -0.1) is 0 Å². The van der Waals surface area contributed by atoms with Crippen LogP contribution in [-0.2, 0) is 4.79 Å². The number of aromatic amines is 2. The summed E-state index contributed by atoms with van der Waals surface area (Å²) in [5.74, 6) is 0.938. The fourth-order valence-corrected chi connectivity index (χ4v) is 4.71. The molecule has 33 heavy (non-hydrogen) atoms. The Kier molecular flexibility index (Phi) is 4.87. The SMILES string of the molecule is O=C(Nc1cncc(-c2ccc3[nH]nc(-c4nc5ccccc5[nH]4)c3c2)c1)C1CCCCC1. The van der Waals surface area contributed by atoms with Crippen LogP contribution in [0, 0.1) is 5.92 Å². The third-order valence-corrected chi connectivity index (χ3v) is 6.49. The Bertz CT molecular complexity index is 1430. The minimum atomic E-state index is 0.103. The fourth-order valence-electron chi connectivity index (χ4n) is 4.71. The molecule has 2 aromatic carbocycles. The monoisotopic (exact) mass is 436 g/mol. The molecule has 1 fully saturated rings. The van der Waals surface area contributed by atoms with Crippen molar-refractivity contribution in [3.63, 3.8) is 0 Å². The second-order valence-electron chi connectivity index (χ2n) is 8.72. The van der Waals surface area contributed by atoms with E-state index in [4.69, 9.17) is 4.98 Å². The lowest BCUT2D eigenvalue weighted by atomic mass is 9.88. The quantitative estimate of drug-likeness (QED) is 0.337. The van der Waals surface area contributed by atoms with Crippen molar-refractivity contribution >= 4 is 33.5 Å². The van der Waals surface area contributed by atoms with Crippen LogP contribution < -0.4 is 5.32 Å². The number of pyridine rings is 1. The number of benzene rings is 2. The Morgan fingerprint density at radius 3 is 2.70 bits per heavy atom. The van der Waals surface area contributed by atoms with Crippen molar-refractivity contribution in [1.29, 1.82) is 0 Å². The highest BCUT2D eigenvalue weighted by Gasteiger charge is 2.21. The summed E-state index contributed by atoms with van der Waals surface area (Å²) in [5.41, 5.74) is 6.27. The van der Waals surface area contributed by atoms with Crippen molar-refractivity contribution in [2.45, 2.75) is 32.1 Å². The maximum atomic E-state index is 12.7. The largest absolute Gasteiger partial charge is 0.337 e. The van der Waals surface area contributed by atoms with Crippen LogP contribution in [0.1, 0.15) is 32.1 Å². The van der Waals surface area contributed by atoms with Crippen LogP contribution in [0.4, 0.5) is 5.69 Å². The summed E-state index contributed by atoms with van der Waals surface area (Å²) < 4.78 is 0. The van der Waals surface area contributed by atoms with E-state index in [2.05, 4.69) is 31.5 Å². The average molecular weight is 437 g/mol. The second-order valence-corrected chi connectivity index (χ2v) is 8.72. The molecule has 0 atom stereocenters. The number of H-pyrrole nitrogens is 2. The van der Waals surface area contributed by atoms with Gasteiger partial charge in [-0.25, -0.2) is 4.98 Å². The van der Waals surface area contributed by atoms with Crippen molar-refractivity contribution in [3.05, 3.63) is 60.9 Å². The number of amides is 1. The molecule has 1 aliphatic rings. The minimum absolute atomic E-state index is 0.103. The number of anilines is 1. The van der Waals surface area contributed by atoms with Crippen LogP contribution >= 0.6 is 0 Å². The molecule has 1 amide bonds. The van der Waals surface area contributed by atoms with Crippen molar-refractivity contribution < 1.29 is 4.79 Å². The van der Waals surface area contributed by atoms with E-state index in [-0.39, 0.29) is 11.8 Å². The van der Waals surface area contributed by atoms with Gasteiger partial charge in [0, 0.05) is 23.1 Å². The van der Waals surface area contributed by atoms with E-state index in [1.807, 2.05) is 48.7 Å². The van der Waals surface area contributed by atoms with Crippen molar-refractivity contribution in [1.82, 2.24) is 25.1 Å². The summed E-state index contributed by atoms with van der Waals surface area (Å²) in [4.78, 5) is 25.1. The lowest BCUT2D eigenvalue weighted by molar-refractivity contribution is -0.120. The standard InChI is InChI=1S/C26H24N6O/c33-26(16-6-2-1-3-7-16)28-19-12-18(14-27-15-19)17-10-11-21-20(13-17)24(32-31-21)25-29-22-8-4-5-9-23(22)30-25/h4-5,8-16H,1-3,6-7H2,(H,28,33)(H,29,30)(H,31,32). The Morgan fingerprint density at radius 2 is 1.82 bits per heavy atom. The molecule has 3 aromatic heterocycles. The van der Waals surface area contributed by atoms with E-state index in [9.17, 15) is 4.79 Å². The smallest absolute Gasteiger partial charge is 0.227 e. The summed E-state index contributed by atoms with van der Waals surface area (Å²) in [7, 11) is 0. The molecule has 7 nitrogen and oxygen atoms in total. The maximum Gasteiger partial charge on any atom is 0.227 e. The molecule has 3 heterocycles. The van der Waals surface area contributed by atoms with Gasteiger partial charge >= 0.3 is 0 Å². The molecule has 3 N–H and O–H groups in total. The first-order chi connectivity index (χ1) is 16.2. The number of carbonyl (C=O) groups excluding carboxylic acids is 1. The van der Waals surface area contributed by atoms with Gasteiger partial charge in [0.25, 0.3) is 0 Å². The molecule has 5 aromatic rings. The van der Waals surface area contributed by atoms with Crippen LogP contribution in [0.15, 0.2) is 60.9 Å². The van der Waals surface area contributed by atoms with Crippen molar-refractivity contribution in [2.24, 2.45) is 5.92 Å². The molecule has 0 bridgehead atoms. The highest BCUT2D eigenvalue weighted by molar-refractivity contribution is 5.96. The molecule has 164 valence electrons. The number of nitrogens with zero attached hydrogens (tertiary/aromatic N) is 3. The molecular formula is C26H24N6O. The summed E-state index contributed by atoms with van der Waals surface area (Å²) in [6.07, 6.45) is 8.97. The number of imidazole rings is 1. The van der Waals surface area contributed by atoms with E-state index in [0.717, 1.165) is 76.0 Å². The fraction of sp³-hybridized carbons (Fsp3) is 0.231. The number of fused-ring (bicyclic) bond motifs is 2. The summed E-state index contributed by atoms with van der Waals surface area (Å²) in [6.45, 7) is 0. The number of hydrogen-bond donors (Lipinski definition) is 3. The van der Waals surface area contributed by atoms with E-state index in [1.54, 1.807) is 6.20 Å². The number of rotatable bonds is 4. The third kappa shape index (κ3) is 3.75. The predicted octanol–water partition coefficient (Wildman–Crippen LogP) is 5.69. The molecule has 1 aliphatic carbocycles. The van der Waals surface area contributed by atoms with Crippen LogP contribution in [0.2, 0.25) is 0 Å². The Morgan fingerprint density at radius 1 is 0.939 bits per heavy atom. The molecule has 0 saturated heterocycles. The van der Waals surface area contributed by atoms with Gasteiger partial charge in [0.05, 0.1) is 28.4 Å². The highest BCUT2D eigenvalue weighted by atomic mass is 16.1. The van der Waals surface area contributed by atoms with Crippen LogP contribution in [0.25, 0.3) is 44.6 Å². The zero-order valence-electron chi connectivity index (χ0n) is 18.1. The number of carbonyl (C=O) groups is 1. The second kappa shape index (κ2) is 8.16. The Hall–Kier alpha value is -4.00. The van der Waals surface area contributed by atoms with Crippen molar-refractivity contribution in [2.75, 3.05) is 5.32 Å². The van der Waals surface area contributed by atoms with Gasteiger partial charge in [-0.1, -0.05) is 37.5 Å². The predicted molar refractivity (Wildman–Crippen MR) is 130 cm³/mol. The van der Waals surface area contributed by atoms with Gasteiger partial charge in [-0.2, -0.15) is 5.10 Å². The number of para-hydroxylation sites is 2. The summed E-state index contributed by atoms with van der Waals surface area (Å²) in [5, 5.41) is 11.7. The normalized spacial score (nSPS) is 14.7. The summed E-state index contributed by atoms with van der Waals surface area (Å²) in [6, 6.07) is 16.1. The maximum absolute atomic E-state index is 12.7. The van der Waals surface area contributed by atoms with E-state index in [0.29, 0.717) is 0 Å². The topological polar surface area (TPSA) is 99.3 Å². The van der Waals surface area contributed by atoms with Crippen LogP contribution in [0.3, 0.4) is 0 Å². The van der Waals surface area contributed by atoms with E-state index in [1.165, 1.54) is 6.42 Å². The van der Waals surface area contributed by atoms with Crippen LogP contribution in [0.5, 0.6) is 0 Å². The Balaban J connectivity index is 1.32. The van der Waals surface area contributed by atoms with Gasteiger partial charge in [0.1, 0.15) is 5.69 Å². The first-order valence-corrected chi connectivity index (χ1v) is 11.4. The molecule has 7 heteroatoms. The zero-order chi connectivity index (χ0) is 22.2.